The highest BCUT2D eigenvalue weighted by Gasteiger charge is 2.07. The van der Waals surface area contributed by atoms with Crippen LogP contribution in [0.15, 0.2) is 21.5 Å². The first-order valence-electron chi connectivity index (χ1n) is 3.80. The molecule has 3 heteroatoms. The van der Waals surface area contributed by atoms with Gasteiger partial charge in [-0.2, -0.15) is 0 Å². The van der Waals surface area contributed by atoms with Gasteiger partial charge in [-0.15, -0.1) is 12.6 Å². The lowest BCUT2D eigenvalue weighted by atomic mass is 10.0. The number of thiol groups is 1. The quantitative estimate of drug-likeness (QED) is 0.576. The Morgan fingerprint density at radius 3 is 2.50 bits per heavy atom. The molecule has 0 aliphatic rings. The fourth-order valence-corrected chi connectivity index (χ4v) is 2.02. The molecule has 1 aromatic carbocycles. The molecule has 0 saturated heterocycles. The zero-order valence-corrected chi connectivity index (χ0v) is 9.62. The molecule has 66 valence electrons. The maximum atomic E-state index is 5.86. The van der Waals surface area contributed by atoms with Crippen LogP contribution < -0.4 is 5.73 Å². The van der Waals surface area contributed by atoms with Crippen LogP contribution in [0.5, 0.6) is 0 Å². The summed E-state index contributed by atoms with van der Waals surface area (Å²) in [7, 11) is 0. The van der Waals surface area contributed by atoms with Crippen LogP contribution in [-0.2, 0) is 0 Å². The maximum absolute atomic E-state index is 5.86. The molecule has 12 heavy (non-hydrogen) atoms. The van der Waals surface area contributed by atoms with Crippen LogP contribution in [0.2, 0.25) is 0 Å². The van der Waals surface area contributed by atoms with E-state index in [4.69, 9.17) is 5.73 Å². The van der Waals surface area contributed by atoms with Crippen molar-refractivity contribution in [2.45, 2.75) is 24.7 Å². The largest absolute Gasteiger partial charge is 0.398 e. The standard InChI is InChI=1S/C9H12BrNS/c1-5(2)7-3-6(10)4-8(12)9(7)11/h3-5,12H,11H2,1-2H3. The van der Waals surface area contributed by atoms with Gasteiger partial charge in [0.1, 0.15) is 0 Å². The van der Waals surface area contributed by atoms with Crippen LogP contribution in [0.3, 0.4) is 0 Å². The van der Waals surface area contributed by atoms with Crippen LogP contribution in [0.25, 0.3) is 0 Å². The Bertz CT molecular complexity index is 297. The van der Waals surface area contributed by atoms with Crippen LogP contribution in [-0.4, -0.2) is 0 Å². The van der Waals surface area contributed by atoms with Gasteiger partial charge in [-0.05, 0) is 23.6 Å². The van der Waals surface area contributed by atoms with Gasteiger partial charge in [0.25, 0.3) is 0 Å². The highest BCUT2D eigenvalue weighted by Crippen LogP contribution is 2.30. The molecular weight excluding hydrogens is 234 g/mol. The zero-order chi connectivity index (χ0) is 9.30. The van der Waals surface area contributed by atoms with Gasteiger partial charge in [0, 0.05) is 15.1 Å². The minimum Gasteiger partial charge on any atom is -0.398 e. The minimum atomic E-state index is 0.438. The molecule has 0 saturated carbocycles. The minimum absolute atomic E-state index is 0.438. The van der Waals surface area contributed by atoms with E-state index in [1.54, 1.807) is 0 Å². The smallest absolute Gasteiger partial charge is 0.0485 e. The first-order chi connectivity index (χ1) is 5.52. The molecule has 0 aliphatic heterocycles. The Morgan fingerprint density at radius 1 is 1.42 bits per heavy atom. The Kier molecular flexibility index (Phi) is 3.07. The van der Waals surface area contributed by atoms with E-state index in [0.29, 0.717) is 5.92 Å². The van der Waals surface area contributed by atoms with Gasteiger partial charge in [-0.3, -0.25) is 0 Å². The number of hydrogen-bond donors (Lipinski definition) is 2. The van der Waals surface area contributed by atoms with Gasteiger partial charge in [-0.1, -0.05) is 29.8 Å². The topological polar surface area (TPSA) is 26.0 Å². The Morgan fingerprint density at radius 2 is 2.00 bits per heavy atom. The van der Waals surface area contributed by atoms with Crippen LogP contribution in [0, 0.1) is 0 Å². The molecule has 0 fully saturated rings. The van der Waals surface area contributed by atoms with Crippen molar-refractivity contribution in [3.63, 3.8) is 0 Å². The van der Waals surface area contributed by atoms with Gasteiger partial charge in [0.05, 0.1) is 0 Å². The second kappa shape index (κ2) is 3.71. The summed E-state index contributed by atoms with van der Waals surface area (Å²) in [6.45, 7) is 4.23. The molecule has 1 aromatic rings. The van der Waals surface area contributed by atoms with Crippen molar-refractivity contribution in [3.05, 3.63) is 22.2 Å². The maximum Gasteiger partial charge on any atom is 0.0485 e. The van der Waals surface area contributed by atoms with Crippen molar-refractivity contribution in [3.8, 4) is 0 Å². The van der Waals surface area contributed by atoms with Crippen LogP contribution in [0.4, 0.5) is 5.69 Å². The normalized spacial score (nSPS) is 10.8. The number of benzene rings is 1. The van der Waals surface area contributed by atoms with E-state index in [9.17, 15) is 0 Å². The number of rotatable bonds is 1. The molecule has 0 aromatic heterocycles. The fourth-order valence-electron chi connectivity index (χ4n) is 1.10. The SMILES string of the molecule is CC(C)c1cc(Br)cc(S)c1N. The average molecular weight is 246 g/mol. The van der Waals surface area contributed by atoms with E-state index in [0.717, 1.165) is 20.6 Å². The fraction of sp³-hybridized carbons (Fsp3) is 0.333. The third-order valence-electron chi connectivity index (χ3n) is 1.78. The lowest BCUT2D eigenvalue weighted by Gasteiger charge is -2.11. The van der Waals surface area contributed by atoms with Gasteiger partial charge < -0.3 is 5.73 Å². The number of hydrogen-bond acceptors (Lipinski definition) is 2. The molecule has 1 rings (SSSR count). The van der Waals surface area contributed by atoms with Gasteiger partial charge in [0.15, 0.2) is 0 Å². The van der Waals surface area contributed by atoms with Crippen molar-refractivity contribution >= 4 is 34.2 Å². The molecule has 0 amide bonds. The van der Waals surface area contributed by atoms with Crippen LogP contribution >= 0.6 is 28.6 Å². The first-order valence-corrected chi connectivity index (χ1v) is 5.04. The van der Waals surface area contributed by atoms with E-state index in [1.807, 2.05) is 12.1 Å². The molecule has 0 radical (unpaired) electrons. The first kappa shape index (κ1) is 9.93. The highest BCUT2D eigenvalue weighted by molar-refractivity contribution is 9.10. The lowest BCUT2D eigenvalue weighted by molar-refractivity contribution is 0.865. The van der Waals surface area contributed by atoms with Crippen molar-refractivity contribution in [2.24, 2.45) is 0 Å². The number of nitrogens with two attached hydrogens (primary N) is 1. The van der Waals surface area contributed by atoms with Gasteiger partial charge in [0.2, 0.25) is 0 Å². The molecular formula is C9H12BrNS. The summed E-state index contributed by atoms with van der Waals surface area (Å²) in [5, 5.41) is 0. The molecule has 2 N–H and O–H groups in total. The lowest BCUT2D eigenvalue weighted by Crippen LogP contribution is -1.97. The zero-order valence-electron chi connectivity index (χ0n) is 7.13. The molecule has 0 bridgehead atoms. The highest BCUT2D eigenvalue weighted by atomic mass is 79.9. The summed E-state index contributed by atoms with van der Waals surface area (Å²) in [6, 6.07) is 3.95. The molecule has 0 aliphatic carbocycles. The Balaban J connectivity index is 3.28. The molecule has 0 unspecified atom stereocenters. The predicted octanol–water partition coefficient (Wildman–Crippen LogP) is 3.44. The van der Waals surface area contributed by atoms with Crippen molar-refractivity contribution in [1.29, 1.82) is 0 Å². The molecule has 0 spiro atoms. The van der Waals surface area contributed by atoms with E-state index < -0.39 is 0 Å². The summed E-state index contributed by atoms with van der Waals surface area (Å²) in [5.74, 6) is 0.438. The van der Waals surface area contributed by atoms with Crippen molar-refractivity contribution < 1.29 is 0 Å². The Labute approximate surface area is 86.9 Å². The average Bonchev–Trinajstić information content (AvgIpc) is 1.96. The summed E-state index contributed by atoms with van der Waals surface area (Å²) in [5.41, 5.74) is 7.79. The van der Waals surface area contributed by atoms with E-state index in [2.05, 4.69) is 42.4 Å². The third-order valence-corrected chi connectivity index (χ3v) is 2.60. The van der Waals surface area contributed by atoms with E-state index >= 15 is 0 Å². The summed E-state index contributed by atoms with van der Waals surface area (Å²) in [6.07, 6.45) is 0. The monoisotopic (exact) mass is 245 g/mol. The molecule has 0 atom stereocenters. The van der Waals surface area contributed by atoms with Crippen molar-refractivity contribution in [2.75, 3.05) is 5.73 Å². The summed E-state index contributed by atoms with van der Waals surface area (Å²) >= 11 is 7.69. The predicted molar refractivity (Wildman–Crippen MR) is 59.9 cm³/mol. The second-order valence-corrected chi connectivity index (χ2v) is 4.48. The summed E-state index contributed by atoms with van der Waals surface area (Å²) in [4.78, 5) is 0.841. The summed E-state index contributed by atoms with van der Waals surface area (Å²) < 4.78 is 1.03. The van der Waals surface area contributed by atoms with Gasteiger partial charge >= 0.3 is 0 Å². The van der Waals surface area contributed by atoms with Crippen LogP contribution in [0.1, 0.15) is 25.3 Å². The molecule has 0 heterocycles. The third kappa shape index (κ3) is 1.96. The van der Waals surface area contributed by atoms with E-state index in [-0.39, 0.29) is 0 Å². The Hall–Kier alpha value is -0.150. The number of anilines is 1. The number of nitrogen functional groups attached to an aromatic ring is 1. The second-order valence-electron chi connectivity index (χ2n) is 3.08. The van der Waals surface area contributed by atoms with Crippen molar-refractivity contribution in [1.82, 2.24) is 0 Å². The molecule has 1 nitrogen and oxygen atoms in total. The number of halogens is 1. The van der Waals surface area contributed by atoms with Gasteiger partial charge in [-0.25, -0.2) is 0 Å². The van der Waals surface area contributed by atoms with E-state index in [1.165, 1.54) is 0 Å².